The zero-order chi connectivity index (χ0) is 14.7. The number of aromatic hydroxyl groups is 1. The van der Waals surface area contributed by atoms with Gasteiger partial charge in [0.2, 0.25) is 0 Å². The van der Waals surface area contributed by atoms with Crippen molar-refractivity contribution in [3.8, 4) is 5.75 Å². The van der Waals surface area contributed by atoms with Gasteiger partial charge < -0.3 is 10.4 Å². The van der Waals surface area contributed by atoms with Crippen LogP contribution in [0, 0.1) is 9.39 Å². The number of nitrogens with one attached hydrogen (secondary N) is 1. The zero-order valence-corrected chi connectivity index (χ0v) is 13.1. The summed E-state index contributed by atoms with van der Waals surface area (Å²) in [6, 6.07) is 8.93. The highest BCUT2D eigenvalue weighted by Gasteiger charge is 2.08. The number of rotatable bonds is 3. The first-order chi connectivity index (χ1) is 9.47. The predicted octanol–water partition coefficient (Wildman–Crippen LogP) is 3.72. The summed E-state index contributed by atoms with van der Waals surface area (Å²) in [6.07, 6.45) is 0. The molecule has 0 radical (unpaired) electrons. The third-order valence-electron chi connectivity index (χ3n) is 2.65. The number of carbonyl (C=O) groups excluding carboxylic acids is 1. The van der Waals surface area contributed by atoms with Crippen LogP contribution in [0.3, 0.4) is 0 Å². The number of hydrogen-bond donors (Lipinski definition) is 2. The Labute approximate surface area is 133 Å². The van der Waals surface area contributed by atoms with Crippen LogP contribution in [0.25, 0.3) is 0 Å². The van der Waals surface area contributed by atoms with Crippen molar-refractivity contribution in [1.82, 2.24) is 5.32 Å². The summed E-state index contributed by atoms with van der Waals surface area (Å²) in [7, 11) is 0. The fourth-order valence-corrected chi connectivity index (χ4v) is 2.13. The van der Waals surface area contributed by atoms with E-state index in [1.807, 2.05) is 22.6 Å². The summed E-state index contributed by atoms with van der Waals surface area (Å²) in [5.41, 5.74) is 1.05. The minimum absolute atomic E-state index is 0.0173. The Kier molecular flexibility index (Phi) is 4.82. The lowest BCUT2D eigenvalue weighted by molar-refractivity contribution is 0.0950. The lowest BCUT2D eigenvalue weighted by atomic mass is 10.2. The van der Waals surface area contributed by atoms with Crippen LogP contribution >= 0.6 is 34.2 Å². The lowest BCUT2D eigenvalue weighted by Gasteiger charge is -2.07. The number of phenolic OH excluding ortho intramolecular Hbond substituents is 1. The van der Waals surface area contributed by atoms with Gasteiger partial charge in [-0.25, -0.2) is 4.39 Å². The van der Waals surface area contributed by atoms with Gasteiger partial charge >= 0.3 is 0 Å². The summed E-state index contributed by atoms with van der Waals surface area (Å²) in [4.78, 5) is 11.9. The molecule has 0 atom stereocenters. The third kappa shape index (κ3) is 3.61. The number of hydrogen-bond acceptors (Lipinski definition) is 2. The van der Waals surface area contributed by atoms with Gasteiger partial charge in [-0.15, -0.1) is 0 Å². The van der Waals surface area contributed by atoms with Crippen molar-refractivity contribution in [1.29, 1.82) is 0 Å². The van der Waals surface area contributed by atoms with E-state index in [4.69, 9.17) is 11.6 Å². The summed E-state index contributed by atoms with van der Waals surface area (Å²) in [5, 5.41) is 12.2. The molecule has 0 aromatic heterocycles. The zero-order valence-electron chi connectivity index (χ0n) is 10.2. The van der Waals surface area contributed by atoms with E-state index in [-0.39, 0.29) is 23.2 Å². The Hall–Kier alpha value is -1.34. The van der Waals surface area contributed by atoms with E-state index < -0.39 is 5.82 Å². The second kappa shape index (κ2) is 6.41. The van der Waals surface area contributed by atoms with Gasteiger partial charge in [-0.05, 0) is 58.5 Å². The molecule has 2 rings (SSSR count). The molecule has 0 aliphatic carbocycles. The van der Waals surface area contributed by atoms with Crippen LogP contribution in [0.2, 0.25) is 5.02 Å². The molecule has 0 aliphatic heterocycles. The van der Waals surface area contributed by atoms with Crippen LogP contribution < -0.4 is 5.32 Å². The molecule has 0 heterocycles. The van der Waals surface area contributed by atoms with Gasteiger partial charge in [0.25, 0.3) is 5.91 Å². The fourth-order valence-electron chi connectivity index (χ4n) is 1.59. The van der Waals surface area contributed by atoms with Gasteiger partial charge in [-0.3, -0.25) is 4.79 Å². The van der Waals surface area contributed by atoms with Gasteiger partial charge in [0, 0.05) is 12.1 Å². The normalized spacial score (nSPS) is 10.3. The first-order valence-corrected chi connectivity index (χ1v) is 7.13. The van der Waals surface area contributed by atoms with E-state index in [9.17, 15) is 14.3 Å². The smallest absolute Gasteiger partial charge is 0.251 e. The van der Waals surface area contributed by atoms with Crippen molar-refractivity contribution in [3.63, 3.8) is 0 Å². The van der Waals surface area contributed by atoms with E-state index >= 15 is 0 Å². The number of carbonyl (C=O) groups is 1. The summed E-state index contributed by atoms with van der Waals surface area (Å²) < 4.78 is 13.7. The number of phenols is 1. The molecule has 0 unspecified atom stereocenters. The summed E-state index contributed by atoms with van der Waals surface area (Å²) in [6.45, 7) is 0.228. The highest BCUT2D eigenvalue weighted by Crippen LogP contribution is 2.20. The molecule has 2 aromatic rings. The standard InChI is InChI=1S/C14H10ClFINO2/c15-10-5-8(1-3-11(10)16)7-18-14(20)9-2-4-12(17)13(19)6-9/h1-6,19H,7H2,(H,18,20). The Balaban J connectivity index is 2.04. The highest BCUT2D eigenvalue weighted by atomic mass is 127. The van der Waals surface area contributed by atoms with Gasteiger partial charge in [0.1, 0.15) is 11.6 Å². The average Bonchev–Trinajstić information content (AvgIpc) is 2.43. The number of amides is 1. The van der Waals surface area contributed by atoms with Crippen LogP contribution in [0.1, 0.15) is 15.9 Å². The van der Waals surface area contributed by atoms with Crippen molar-refractivity contribution >= 4 is 40.1 Å². The van der Waals surface area contributed by atoms with Gasteiger partial charge in [0.05, 0.1) is 8.59 Å². The van der Waals surface area contributed by atoms with Crippen molar-refractivity contribution in [3.05, 3.63) is 61.9 Å². The van der Waals surface area contributed by atoms with E-state index in [1.54, 1.807) is 18.2 Å². The van der Waals surface area contributed by atoms with Crippen molar-refractivity contribution < 1.29 is 14.3 Å². The van der Waals surface area contributed by atoms with Crippen molar-refractivity contribution in [2.24, 2.45) is 0 Å². The maximum atomic E-state index is 13.0. The first kappa shape index (κ1) is 15.1. The molecule has 0 fully saturated rings. The average molecular weight is 406 g/mol. The van der Waals surface area contributed by atoms with Crippen LogP contribution in [0.15, 0.2) is 36.4 Å². The Morgan fingerprint density at radius 3 is 2.70 bits per heavy atom. The van der Waals surface area contributed by atoms with Gasteiger partial charge in [-0.2, -0.15) is 0 Å². The Morgan fingerprint density at radius 1 is 1.30 bits per heavy atom. The third-order valence-corrected chi connectivity index (χ3v) is 3.85. The molecule has 1 amide bonds. The maximum Gasteiger partial charge on any atom is 0.251 e. The molecule has 0 aliphatic rings. The molecule has 6 heteroatoms. The molecule has 3 nitrogen and oxygen atoms in total. The molecule has 0 spiro atoms. The van der Waals surface area contributed by atoms with Crippen LogP contribution in [-0.4, -0.2) is 11.0 Å². The topological polar surface area (TPSA) is 49.3 Å². The molecule has 0 saturated carbocycles. The Bertz CT molecular complexity index is 664. The van der Waals surface area contributed by atoms with Crippen LogP contribution in [0.4, 0.5) is 4.39 Å². The number of halogens is 3. The molecule has 2 N–H and O–H groups in total. The summed E-state index contributed by atoms with van der Waals surface area (Å²) >= 11 is 7.63. The van der Waals surface area contributed by atoms with E-state index in [0.29, 0.717) is 14.7 Å². The molecular formula is C14H10ClFINO2. The van der Waals surface area contributed by atoms with Gasteiger partial charge in [0.15, 0.2) is 0 Å². The predicted molar refractivity (Wildman–Crippen MR) is 83.4 cm³/mol. The second-order valence-corrected chi connectivity index (χ2v) is 5.67. The van der Waals surface area contributed by atoms with Crippen LogP contribution in [0.5, 0.6) is 5.75 Å². The molecular weight excluding hydrogens is 396 g/mol. The molecule has 20 heavy (non-hydrogen) atoms. The molecule has 104 valence electrons. The van der Waals surface area contributed by atoms with Crippen molar-refractivity contribution in [2.45, 2.75) is 6.54 Å². The van der Waals surface area contributed by atoms with E-state index in [1.165, 1.54) is 18.2 Å². The van der Waals surface area contributed by atoms with E-state index in [2.05, 4.69) is 5.32 Å². The van der Waals surface area contributed by atoms with E-state index in [0.717, 1.165) is 0 Å². The lowest BCUT2D eigenvalue weighted by Crippen LogP contribution is -2.22. The second-order valence-electron chi connectivity index (χ2n) is 4.10. The monoisotopic (exact) mass is 405 g/mol. The Morgan fingerprint density at radius 2 is 2.05 bits per heavy atom. The first-order valence-electron chi connectivity index (χ1n) is 5.68. The van der Waals surface area contributed by atoms with Crippen molar-refractivity contribution in [2.75, 3.05) is 0 Å². The largest absolute Gasteiger partial charge is 0.507 e. The van der Waals surface area contributed by atoms with Gasteiger partial charge in [-0.1, -0.05) is 17.7 Å². The minimum atomic E-state index is -0.496. The SMILES string of the molecule is O=C(NCc1ccc(F)c(Cl)c1)c1ccc(I)c(O)c1. The highest BCUT2D eigenvalue weighted by molar-refractivity contribution is 14.1. The quantitative estimate of drug-likeness (QED) is 0.765. The number of benzene rings is 2. The summed E-state index contributed by atoms with van der Waals surface area (Å²) in [5.74, 6) is -0.760. The molecule has 2 aromatic carbocycles. The molecule has 0 bridgehead atoms. The minimum Gasteiger partial charge on any atom is -0.507 e. The fraction of sp³-hybridized carbons (Fsp3) is 0.0714. The molecule has 0 saturated heterocycles. The van der Waals surface area contributed by atoms with Crippen LogP contribution in [-0.2, 0) is 6.54 Å². The maximum absolute atomic E-state index is 13.0.